The maximum Gasteiger partial charge on any atom is 0.266 e. The number of thioether (sulfide) groups is 1. The fourth-order valence-electron chi connectivity index (χ4n) is 3.47. The third-order valence-corrected chi connectivity index (χ3v) is 6.09. The van der Waals surface area contributed by atoms with Crippen molar-refractivity contribution in [3.63, 3.8) is 0 Å². The lowest BCUT2D eigenvalue weighted by molar-refractivity contribution is -0.121. The quantitative estimate of drug-likeness (QED) is 0.434. The molecule has 1 heterocycles. The van der Waals surface area contributed by atoms with Crippen LogP contribution in [0.25, 0.3) is 16.3 Å². The standard InChI is InChI=1S/C20H17NOS2/c1-2-10-21-19(22)18(24-20(21)23)16-9-5-8-15-11-13-6-3-4-7-14(13)12-17(15)16/h2-4,6-7,11-12H,1,5,8-10H2/b18-16+. The zero-order valence-corrected chi connectivity index (χ0v) is 14.9. The Morgan fingerprint density at radius 1 is 1.21 bits per heavy atom. The minimum absolute atomic E-state index is 0.0286. The van der Waals surface area contributed by atoms with Gasteiger partial charge in [-0.05, 0) is 52.8 Å². The fraction of sp³-hybridized carbons (Fsp3) is 0.200. The van der Waals surface area contributed by atoms with E-state index in [0.29, 0.717) is 10.9 Å². The molecule has 0 N–H and O–H groups in total. The summed E-state index contributed by atoms with van der Waals surface area (Å²) in [4.78, 5) is 15.2. The Morgan fingerprint density at radius 3 is 2.71 bits per heavy atom. The zero-order valence-electron chi connectivity index (χ0n) is 13.2. The van der Waals surface area contributed by atoms with E-state index in [9.17, 15) is 4.79 Å². The molecule has 0 bridgehead atoms. The number of amides is 1. The van der Waals surface area contributed by atoms with Gasteiger partial charge in [-0.1, -0.05) is 60.4 Å². The number of rotatable bonds is 2. The van der Waals surface area contributed by atoms with Gasteiger partial charge in [0.15, 0.2) is 0 Å². The number of nitrogens with zero attached hydrogens (tertiary/aromatic N) is 1. The van der Waals surface area contributed by atoms with Crippen LogP contribution < -0.4 is 0 Å². The van der Waals surface area contributed by atoms with Crippen LogP contribution in [0.3, 0.4) is 0 Å². The highest BCUT2D eigenvalue weighted by atomic mass is 32.2. The summed E-state index contributed by atoms with van der Waals surface area (Å²) in [6.07, 6.45) is 4.80. The third kappa shape index (κ3) is 2.50. The van der Waals surface area contributed by atoms with Crippen molar-refractivity contribution >= 4 is 50.6 Å². The number of carbonyl (C=O) groups is 1. The predicted molar refractivity (Wildman–Crippen MR) is 106 cm³/mol. The smallest absolute Gasteiger partial charge is 0.266 e. The van der Waals surface area contributed by atoms with E-state index in [0.717, 1.165) is 29.7 Å². The highest BCUT2D eigenvalue weighted by molar-refractivity contribution is 8.26. The summed E-state index contributed by atoms with van der Waals surface area (Å²) in [6, 6.07) is 12.9. The van der Waals surface area contributed by atoms with Crippen LogP contribution in [0, 0.1) is 0 Å². The van der Waals surface area contributed by atoms with Crippen molar-refractivity contribution in [1.29, 1.82) is 0 Å². The number of aryl methyl sites for hydroxylation is 1. The van der Waals surface area contributed by atoms with Crippen LogP contribution >= 0.6 is 24.0 Å². The van der Waals surface area contributed by atoms with Crippen LogP contribution in [0.15, 0.2) is 54.0 Å². The highest BCUT2D eigenvalue weighted by Crippen LogP contribution is 2.42. The maximum absolute atomic E-state index is 12.8. The molecule has 1 aliphatic heterocycles. The van der Waals surface area contributed by atoms with Crippen molar-refractivity contribution in [3.8, 4) is 0 Å². The number of hydrogen-bond donors (Lipinski definition) is 0. The molecule has 0 aromatic heterocycles. The number of carbonyl (C=O) groups excluding carboxylic acids is 1. The lowest BCUT2D eigenvalue weighted by atomic mass is 9.85. The minimum atomic E-state index is 0.0286. The van der Waals surface area contributed by atoms with Gasteiger partial charge in [0.2, 0.25) is 0 Å². The van der Waals surface area contributed by atoms with E-state index in [1.807, 2.05) is 0 Å². The Morgan fingerprint density at radius 2 is 1.96 bits per heavy atom. The largest absolute Gasteiger partial charge is 0.289 e. The molecule has 1 aliphatic carbocycles. The second kappa shape index (κ2) is 6.19. The SMILES string of the molecule is C=CCN1C(=O)/C(=C2/CCCc3cc4ccccc4cc32)SC1=S. The number of benzene rings is 2. The van der Waals surface area contributed by atoms with Gasteiger partial charge in [0.05, 0.1) is 4.91 Å². The summed E-state index contributed by atoms with van der Waals surface area (Å²) in [6.45, 7) is 4.20. The first-order chi connectivity index (χ1) is 11.7. The zero-order chi connectivity index (χ0) is 16.7. The fourth-order valence-corrected chi connectivity index (χ4v) is 4.85. The van der Waals surface area contributed by atoms with E-state index in [2.05, 4.69) is 43.0 Å². The van der Waals surface area contributed by atoms with Gasteiger partial charge in [-0.25, -0.2) is 0 Å². The van der Waals surface area contributed by atoms with E-state index in [4.69, 9.17) is 12.2 Å². The van der Waals surface area contributed by atoms with E-state index < -0.39 is 0 Å². The molecular formula is C20H17NOS2. The van der Waals surface area contributed by atoms with Crippen molar-refractivity contribution in [2.45, 2.75) is 19.3 Å². The maximum atomic E-state index is 12.8. The number of allylic oxidation sites excluding steroid dienone is 1. The molecule has 120 valence electrons. The Bertz CT molecular complexity index is 913. The highest BCUT2D eigenvalue weighted by Gasteiger charge is 2.34. The molecule has 0 spiro atoms. The van der Waals surface area contributed by atoms with Gasteiger partial charge in [0.25, 0.3) is 5.91 Å². The lowest BCUT2D eigenvalue weighted by Crippen LogP contribution is -2.28. The second-order valence-electron chi connectivity index (χ2n) is 6.09. The van der Waals surface area contributed by atoms with E-state index in [1.54, 1.807) is 11.0 Å². The summed E-state index contributed by atoms with van der Waals surface area (Å²) >= 11 is 6.83. The Kier molecular flexibility index (Phi) is 4.02. The first kappa shape index (κ1) is 15.6. The lowest BCUT2D eigenvalue weighted by Gasteiger charge is -2.21. The first-order valence-electron chi connectivity index (χ1n) is 8.09. The molecule has 4 rings (SSSR count). The van der Waals surface area contributed by atoms with Crippen LogP contribution in [0.2, 0.25) is 0 Å². The van der Waals surface area contributed by atoms with Crippen LogP contribution in [-0.4, -0.2) is 21.7 Å². The number of hydrogen-bond acceptors (Lipinski definition) is 3. The van der Waals surface area contributed by atoms with E-state index in [-0.39, 0.29) is 5.91 Å². The molecule has 24 heavy (non-hydrogen) atoms. The second-order valence-corrected chi connectivity index (χ2v) is 7.73. The average Bonchev–Trinajstić information content (AvgIpc) is 2.88. The predicted octanol–water partition coefficient (Wildman–Crippen LogP) is 4.93. The number of fused-ring (bicyclic) bond motifs is 2. The molecular weight excluding hydrogens is 334 g/mol. The molecule has 2 nitrogen and oxygen atoms in total. The van der Waals surface area contributed by atoms with Crippen molar-refractivity contribution < 1.29 is 4.79 Å². The molecule has 1 amide bonds. The third-order valence-electron chi connectivity index (χ3n) is 4.60. The Hall–Kier alpha value is -1.91. The molecule has 1 saturated heterocycles. The summed E-state index contributed by atoms with van der Waals surface area (Å²) < 4.78 is 0.635. The molecule has 0 atom stereocenters. The van der Waals surface area contributed by atoms with Crippen LogP contribution in [0.5, 0.6) is 0 Å². The van der Waals surface area contributed by atoms with E-state index in [1.165, 1.54) is 33.7 Å². The monoisotopic (exact) mass is 351 g/mol. The van der Waals surface area contributed by atoms with Gasteiger partial charge < -0.3 is 0 Å². The minimum Gasteiger partial charge on any atom is -0.289 e. The van der Waals surface area contributed by atoms with Gasteiger partial charge in [0.1, 0.15) is 4.32 Å². The van der Waals surface area contributed by atoms with E-state index >= 15 is 0 Å². The van der Waals surface area contributed by atoms with Crippen molar-refractivity contribution in [2.24, 2.45) is 0 Å². The summed E-state index contributed by atoms with van der Waals surface area (Å²) in [7, 11) is 0. The van der Waals surface area contributed by atoms with Gasteiger partial charge in [-0.2, -0.15) is 0 Å². The Labute approximate surface area is 151 Å². The molecule has 2 aliphatic rings. The Balaban J connectivity index is 1.87. The van der Waals surface area contributed by atoms with Crippen LogP contribution in [0.4, 0.5) is 0 Å². The molecule has 2 aromatic rings. The molecule has 4 heteroatoms. The van der Waals surface area contributed by atoms with Crippen LogP contribution in [-0.2, 0) is 11.2 Å². The normalized spacial score (nSPS) is 20.6. The molecule has 0 unspecified atom stereocenters. The molecule has 0 saturated carbocycles. The van der Waals surface area contributed by atoms with Gasteiger partial charge in [0, 0.05) is 6.54 Å². The van der Waals surface area contributed by atoms with Gasteiger partial charge >= 0.3 is 0 Å². The summed E-state index contributed by atoms with van der Waals surface area (Å²) in [5.74, 6) is 0.0286. The first-order valence-corrected chi connectivity index (χ1v) is 9.31. The number of thiocarbonyl (C=S) groups is 1. The van der Waals surface area contributed by atoms with Crippen LogP contribution in [0.1, 0.15) is 24.0 Å². The average molecular weight is 351 g/mol. The van der Waals surface area contributed by atoms with Crippen molar-refractivity contribution in [2.75, 3.05) is 6.54 Å². The van der Waals surface area contributed by atoms with Crippen molar-refractivity contribution in [3.05, 3.63) is 65.1 Å². The van der Waals surface area contributed by atoms with Gasteiger partial charge in [-0.3, -0.25) is 9.69 Å². The topological polar surface area (TPSA) is 20.3 Å². The summed E-state index contributed by atoms with van der Waals surface area (Å²) in [5.41, 5.74) is 3.72. The molecule has 0 radical (unpaired) electrons. The summed E-state index contributed by atoms with van der Waals surface area (Å²) in [5, 5.41) is 2.48. The molecule has 1 fully saturated rings. The van der Waals surface area contributed by atoms with Crippen molar-refractivity contribution in [1.82, 2.24) is 4.90 Å². The van der Waals surface area contributed by atoms with Gasteiger partial charge in [-0.15, -0.1) is 6.58 Å². The molecule has 2 aromatic carbocycles.